The predicted octanol–water partition coefficient (Wildman–Crippen LogP) is 5.39. The Hall–Kier alpha value is -3.40. The van der Waals surface area contributed by atoms with Gasteiger partial charge in [-0.15, -0.1) is 0 Å². The first kappa shape index (κ1) is 19.9. The fourth-order valence-electron chi connectivity index (χ4n) is 4.07. The Morgan fingerprint density at radius 2 is 1.57 bits per heavy atom. The lowest BCUT2D eigenvalue weighted by molar-refractivity contribution is -0.137. The number of rotatable bonds is 5. The summed E-state index contributed by atoms with van der Waals surface area (Å²) < 4.78 is 0. The number of para-hydroxylation sites is 2. The van der Waals surface area contributed by atoms with Gasteiger partial charge in [-0.3, -0.25) is 14.5 Å². The van der Waals surface area contributed by atoms with Crippen LogP contribution >= 0.6 is 0 Å². The lowest BCUT2D eigenvalue weighted by Gasteiger charge is -2.50. The lowest BCUT2D eigenvalue weighted by Crippen LogP contribution is -2.67. The molecule has 3 aromatic carbocycles. The molecule has 2 amide bonds. The summed E-state index contributed by atoms with van der Waals surface area (Å²) in [5.74, 6) is 0.135. The van der Waals surface area contributed by atoms with Gasteiger partial charge < -0.3 is 5.32 Å². The summed E-state index contributed by atoms with van der Waals surface area (Å²) >= 11 is 0. The molecule has 4 nitrogen and oxygen atoms in total. The Morgan fingerprint density at radius 3 is 2.17 bits per heavy atom. The third kappa shape index (κ3) is 3.28. The molecule has 0 aromatic heterocycles. The monoisotopic (exact) mass is 398 g/mol. The first-order valence-corrected chi connectivity index (χ1v) is 10.3. The molecule has 1 atom stereocenters. The molecule has 4 heteroatoms. The molecular weight excluding hydrogens is 372 g/mol. The molecule has 0 spiro atoms. The van der Waals surface area contributed by atoms with Crippen LogP contribution in [-0.2, 0) is 15.1 Å². The van der Waals surface area contributed by atoms with Gasteiger partial charge in [0.1, 0.15) is 0 Å². The van der Waals surface area contributed by atoms with Crippen LogP contribution in [0.2, 0.25) is 0 Å². The molecule has 1 N–H and O–H groups in total. The summed E-state index contributed by atoms with van der Waals surface area (Å²) in [5.41, 5.74) is 3.41. The molecule has 0 saturated carbocycles. The van der Waals surface area contributed by atoms with Gasteiger partial charge in [-0.1, -0.05) is 74.5 Å². The highest BCUT2D eigenvalue weighted by Crippen LogP contribution is 2.46. The molecule has 0 radical (unpaired) electrons. The zero-order valence-electron chi connectivity index (χ0n) is 17.6. The summed E-state index contributed by atoms with van der Waals surface area (Å²) in [4.78, 5) is 28.1. The topological polar surface area (TPSA) is 49.4 Å². The van der Waals surface area contributed by atoms with Crippen LogP contribution in [0.4, 0.5) is 11.4 Å². The summed E-state index contributed by atoms with van der Waals surface area (Å²) in [6, 6.07) is 25.2. The Labute approximate surface area is 177 Å². The van der Waals surface area contributed by atoms with Gasteiger partial charge in [0.05, 0.1) is 6.42 Å². The predicted molar refractivity (Wildman–Crippen MR) is 121 cm³/mol. The number of carbonyl (C=O) groups is 2. The van der Waals surface area contributed by atoms with E-state index in [0.717, 1.165) is 22.5 Å². The van der Waals surface area contributed by atoms with E-state index in [-0.39, 0.29) is 18.2 Å². The van der Waals surface area contributed by atoms with Crippen molar-refractivity contribution in [1.82, 2.24) is 0 Å². The number of nitrogens with zero attached hydrogens (tertiary/aromatic N) is 1. The Balaban J connectivity index is 1.80. The third-order valence-electron chi connectivity index (χ3n) is 5.88. The average Bonchev–Trinajstić information content (AvgIpc) is 2.74. The fourth-order valence-corrected chi connectivity index (χ4v) is 4.07. The van der Waals surface area contributed by atoms with Crippen LogP contribution in [0, 0.1) is 6.92 Å². The summed E-state index contributed by atoms with van der Waals surface area (Å²) in [5, 5.41) is 3.08. The Morgan fingerprint density at radius 1 is 0.933 bits per heavy atom. The van der Waals surface area contributed by atoms with E-state index < -0.39 is 5.54 Å². The van der Waals surface area contributed by atoms with Crippen molar-refractivity contribution < 1.29 is 9.59 Å². The highest BCUT2D eigenvalue weighted by atomic mass is 16.2. The first-order valence-electron chi connectivity index (χ1n) is 10.3. The van der Waals surface area contributed by atoms with E-state index in [1.807, 2.05) is 73.7 Å². The second-order valence-corrected chi connectivity index (χ2v) is 8.15. The Kier molecular flexibility index (Phi) is 5.17. The van der Waals surface area contributed by atoms with E-state index in [9.17, 15) is 9.59 Å². The van der Waals surface area contributed by atoms with Crippen molar-refractivity contribution in [3.8, 4) is 0 Å². The van der Waals surface area contributed by atoms with Crippen LogP contribution in [0.25, 0.3) is 0 Å². The maximum Gasteiger partial charge on any atom is 0.255 e. The third-order valence-corrected chi connectivity index (χ3v) is 5.88. The van der Waals surface area contributed by atoms with Gasteiger partial charge in [-0.05, 0) is 47.7 Å². The molecule has 0 bridgehead atoms. The van der Waals surface area contributed by atoms with Crippen LogP contribution in [0.3, 0.4) is 0 Å². The van der Waals surface area contributed by atoms with E-state index in [1.165, 1.54) is 5.56 Å². The molecule has 0 aliphatic carbocycles. The maximum absolute atomic E-state index is 13.7. The van der Waals surface area contributed by atoms with Gasteiger partial charge in [-0.25, -0.2) is 0 Å². The Bertz CT molecular complexity index is 1070. The number of nitrogens with one attached hydrogen (secondary N) is 1. The normalized spacial score (nSPS) is 18.3. The van der Waals surface area contributed by atoms with Crippen molar-refractivity contribution in [2.45, 2.75) is 38.6 Å². The van der Waals surface area contributed by atoms with E-state index in [4.69, 9.17) is 0 Å². The smallest absolute Gasteiger partial charge is 0.255 e. The second kappa shape index (κ2) is 7.79. The van der Waals surface area contributed by atoms with Gasteiger partial charge in [-0.2, -0.15) is 0 Å². The van der Waals surface area contributed by atoms with Gasteiger partial charge in [0, 0.05) is 11.4 Å². The largest absolute Gasteiger partial charge is 0.323 e. The molecule has 1 fully saturated rings. The van der Waals surface area contributed by atoms with Crippen molar-refractivity contribution in [3.63, 3.8) is 0 Å². The summed E-state index contributed by atoms with van der Waals surface area (Å²) in [7, 11) is 0. The molecule has 1 heterocycles. The molecule has 30 heavy (non-hydrogen) atoms. The van der Waals surface area contributed by atoms with Crippen LogP contribution < -0.4 is 10.2 Å². The van der Waals surface area contributed by atoms with Gasteiger partial charge in [0.15, 0.2) is 5.54 Å². The van der Waals surface area contributed by atoms with Crippen molar-refractivity contribution in [3.05, 3.63) is 95.6 Å². The van der Waals surface area contributed by atoms with E-state index >= 15 is 0 Å². The minimum absolute atomic E-state index is 0.0610. The molecule has 1 aliphatic heterocycles. The summed E-state index contributed by atoms with van der Waals surface area (Å²) in [6.07, 6.45) is 0.140. The van der Waals surface area contributed by atoms with Crippen LogP contribution in [0.15, 0.2) is 78.9 Å². The number of aryl methyl sites for hydroxylation is 1. The van der Waals surface area contributed by atoms with Gasteiger partial charge >= 0.3 is 0 Å². The number of carbonyl (C=O) groups excluding carboxylic acids is 2. The minimum atomic E-state index is -1.07. The minimum Gasteiger partial charge on any atom is -0.323 e. The van der Waals surface area contributed by atoms with Crippen LogP contribution in [0.5, 0.6) is 0 Å². The van der Waals surface area contributed by atoms with Gasteiger partial charge in [0.25, 0.3) is 5.91 Å². The molecule has 3 aromatic rings. The van der Waals surface area contributed by atoms with Crippen molar-refractivity contribution in [2.75, 3.05) is 10.2 Å². The zero-order valence-corrected chi connectivity index (χ0v) is 17.6. The van der Waals surface area contributed by atoms with E-state index in [0.29, 0.717) is 5.92 Å². The lowest BCUT2D eigenvalue weighted by atomic mass is 9.75. The number of hydrogen-bond acceptors (Lipinski definition) is 2. The van der Waals surface area contributed by atoms with Crippen LogP contribution in [0.1, 0.15) is 42.9 Å². The molecular formula is C26H26N2O2. The first-order chi connectivity index (χ1) is 14.4. The number of benzene rings is 3. The average molecular weight is 399 g/mol. The molecule has 1 saturated heterocycles. The fraction of sp³-hybridized carbons (Fsp3) is 0.231. The van der Waals surface area contributed by atoms with Crippen molar-refractivity contribution in [1.29, 1.82) is 0 Å². The number of anilines is 2. The van der Waals surface area contributed by atoms with E-state index in [2.05, 4.69) is 31.3 Å². The van der Waals surface area contributed by atoms with E-state index in [1.54, 1.807) is 4.90 Å². The second-order valence-electron chi connectivity index (χ2n) is 8.15. The highest BCUT2D eigenvalue weighted by molar-refractivity contribution is 6.17. The SMILES string of the molecule is Cc1ccccc1NC(=O)[C@]1(c2ccc(C(C)C)cc2)CC(=O)N1c1ccccc1. The number of amides is 2. The van der Waals surface area contributed by atoms with Gasteiger partial charge in [0.2, 0.25) is 5.91 Å². The molecule has 1 aliphatic rings. The number of β-lactam (4-membered cyclic amide) rings is 1. The standard InChI is InChI=1S/C26H26N2O2/c1-18(2)20-13-15-21(16-14-20)26(25(30)27-23-12-8-7-9-19(23)3)17-24(29)28(26)22-10-5-4-6-11-22/h4-16,18H,17H2,1-3H3,(H,27,30)/t26-/m1/s1. The highest BCUT2D eigenvalue weighted by Gasteiger charge is 2.58. The zero-order chi connectivity index (χ0) is 21.3. The number of hydrogen-bond donors (Lipinski definition) is 1. The van der Waals surface area contributed by atoms with Crippen molar-refractivity contribution in [2.24, 2.45) is 0 Å². The molecule has 152 valence electrons. The summed E-state index contributed by atoms with van der Waals surface area (Å²) in [6.45, 7) is 6.23. The maximum atomic E-state index is 13.7. The molecule has 4 rings (SSSR count). The van der Waals surface area contributed by atoms with Crippen molar-refractivity contribution >= 4 is 23.2 Å². The molecule has 0 unspecified atom stereocenters. The van der Waals surface area contributed by atoms with Crippen LogP contribution in [-0.4, -0.2) is 11.8 Å². The quantitative estimate of drug-likeness (QED) is 0.586.